The van der Waals surface area contributed by atoms with Crippen molar-refractivity contribution in [3.05, 3.63) is 30.5 Å². The van der Waals surface area contributed by atoms with Crippen LogP contribution in [0.2, 0.25) is 0 Å². The number of benzene rings is 1. The lowest BCUT2D eigenvalue weighted by Gasteiger charge is -2.23. The highest BCUT2D eigenvalue weighted by molar-refractivity contribution is 5.96. The first-order valence-corrected chi connectivity index (χ1v) is 8.09. The Kier molecular flexibility index (Phi) is 3.68. The molecule has 4 rings (SSSR count). The second kappa shape index (κ2) is 6.00. The molecule has 1 amide bonds. The van der Waals surface area contributed by atoms with Crippen molar-refractivity contribution < 1.29 is 9.59 Å². The van der Waals surface area contributed by atoms with Crippen LogP contribution in [0, 0.1) is 5.92 Å². The Labute approximate surface area is 142 Å². The van der Waals surface area contributed by atoms with E-state index in [1.54, 1.807) is 6.07 Å². The summed E-state index contributed by atoms with van der Waals surface area (Å²) in [5.41, 5.74) is 6.49. The number of carbonyl (C=O) groups excluding carboxylic acids is 2. The topological polar surface area (TPSA) is 121 Å². The van der Waals surface area contributed by atoms with Crippen molar-refractivity contribution in [3.8, 4) is 0 Å². The van der Waals surface area contributed by atoms with Crippen LogP contribution in [-0.4, -0.2) is 36.6 Å². The standard InChI is InChI=1S/C16H17N7O2/c17-15-11-6-1-2-7-12(11)23(20-15)14(24)9-22-8-13(19-21-22)18-16(25)10-4-3-5-10/h1-2,6-8,10H,3-5,9H2,(H2,17,20)(H,18,25). The smallest absolute Gasteiger partial charge is 0.269 e. The third-order valence-corrected chi connectivity index (χ3v) is 4.42. The van der Waals surface area contributed by atoms with Crippen LogP contribution in [0.15, 0.2) is 30.5 Å². The number of aromatic nitrogens is 5. The van der Waals surface area contributed by atoms with Gasteiger partial charge in [0.1, 0.15) is 6.54 Å². The Morgan fingerprint density at radius 1 is 1.28 bits per heavy atom. The fraction of sp³-hybridized carbons (Fsp3) is 0.312. The molecule has 0 bridgehead atoms. The molecule has 1 aliphatic rings. The zero-order valence-electron chi connectivity index (χ0n) is 13.4. The highest BCUT2D eigenvalue weighted by atomic mass is 16.2. The van der Waals surface area contributed by atoms with Gasteiger partial charge in [0.25, 0.3) is 5.91 Å². The maximum Gasteiger partial charge on any atom is 0.269 e. The van der Waals surface area contributed by atoms with Gasteiger partial charge in [-0.2, -0.15) is 4.68 Å². The Hall–Kier alpha value is -3.23. The molecule has 1 aliphatic carbocycles. The van der Waals surface area contributed by atoms with E-state index < -0.39 is 0 Å². The van der Waals surface area contributed by atoms with Crippen LogP contribution in [0.3, 0.4) is 0 Å². The number of hydrogen-bond donors (Lipinski definition) is 2. The minimum atomic E-state index is -0.297. The van der Waals surface area contributed by atoms with Gasteiger partial charge in [0.2, 0.25) is 5.91 Å². The molecule has 1 aromatic carbocycles. The van der Waals surface area contributed by atoms with Crippen molar-refractivity contribution in [2.75, 3.05) is 11.1 Å². The van der Waals surface area contributed by atoms with Crippen LogP contribution in [0.1, 0.15) is 24.1 Å². The molecule has 1 fully saturated rings. The summed E-state index contributed by atoms with van der Waals surface area (Å²) in [4.78, 5) is 24.4. The van der Waals surface area contributed by atoms with Gasteiger partial charge in [0.15, 0.2) is 11.6 Å². The second-order valence-corrected chi connectivity index (χ2v) is 6.13. The Morgan fingerprint density at radius 3 is 2.84 bits per heavy atom. The summed E-state index contributed by atoms with van der Waals surface area (Å²) in [5, 5.41) is 15.3. The Balaban J connectivity index is 1.48. The third kappa shape index (κ3) is 2.84. The fourth-order valence-corrected chi connectivity index (χ4v) is 2.82. The quantitative estimate of drug-likeness (QED) is 0.739. The first-order chi connectivity index (χ1) is 12.1. The molecule has 9 heteroatoms. The van der Waals surface area contributed by atoms with Gasteiger partial charge in [-0.05, 0) is 25.0 Å². The van der Waals surface area contributed by atoms with Crippen LogP contribution in [0.25, 0.3) is 10.9 Å². The molecule has 1 saturated carbocycles. The van der Waals surface area contributed by atoms with Crippen molar-refractivity contribution in [2.45, 2.75) is 25.8 Å². The summed E-state index contributed by atoms with van der Waals surface area (Å²) in [6.07, 6.45) is 4.43. The van der Waals surface area contributed by atoms with E-state index in [2.05, 4.69) is 20.7 Å². The molecule has 25 heavy (non-hydrogen) atoms. The van der Waals surface area contributed by atoms with E-state index in [1.165, 1.54) is 15.6 Å². The van der Waals surface area contributed by atoms with Gasteiger partial charge >= 0.3 is 0 Å². The van der Waals surface area contributed by atoms with Gasteiger partial charge < -0.3 is 11.1 Å². The maximum atomic E-state index is 12.5. The number of fused-ring (bicyclic) bond motifs is 1. The number of nitrogens with two attached hydrogens (primary N) is 1. The fourth-order valence-electron chi connectivity index (χ4n) is 2.82. The number of anilines is 2. The monoisotopic (exact) mass is 339 g/mol. The number of nitrogen functional groups attached to an aromatic ring is 1. The molecule has 0 spiro atoms. The van der Waals surface area contributed by atoms with Crippen LogP contribution in [-0.2, 0) is 11.3 Å². The summed E-state index contributed by atoms with van der Waals surface area (Å²) in [5.74, 6) is 0.362. The highest BCUT2D eigenvalue weighted by Gasteiger charge is 2.25. The van der Waals surface area contributed by atoms with Crippen LogP contribution in [0.5, 0.6) is 0 Å². The van der Waals surface area contributed by atoms with E-state index in [1.807, 2.05) is 18.2 Å². The van der Waals surface area contributed by atoms with Crippen molar-refractivity contribution in [2.24, 2.45) is 5.92 Å². The molecular formula is C16H17N7O2. The van der Waals surface area contributed by atoms with Gasteiger partial charge in [0, 0.05) is 11.3 Å². The van der Waals surface area contributed by atoms with Crippen molar-refractivity contribution in [3.63, 3.8) is 0 Å². The highest BCUT2D eigenvalue weighted by Crippen LogP contribution is 2.27. The van der Waals surface area contributed by atoms with Gasteiger partial charge in [-0.15, -0.1) is 10.2 Å². The molecule has 3 aromatic rings. The summed E-state index contributed by atoms with van der Waals surface area (Å²) in [7, 11) is 0. The molecule has 0 radical (unpaired) electrons. The number of rotatable bonds is 4. The van der Waals surface area contributed by atoms with E-state index in [-0.39, 0.29) is 24.3 Å². The largest absolute Gasteiger partial charge is 0.382 e. The first-order valence-electron chi connectivity index (χ1n) is 8.09. The lowest BCUT2D eigenvalue weighted by Crippen LogP contribution is -2.28. The van der Waals surface area contributed by atoms with Crippen LogP contribution >= 0.6 is 0 Å². The predicted molar refractivity (Wildman–Crippen MR) is 90.8 cm³/mol. The lowest BCUT2D eigenvalue weighted by molar-refractivity contribution is -0.122. The third-order valence-electron chi connectivity index (χ3n) is 4.42. The van der Waals surface area contributed by atoms with Crippen molar-refractivity contribution in [1.29, 1.82) is 0 Å². The molecule has 0 saturated heterocycles. The second-order valence-electron chi connectivity index (χ2n) is 6.13. The van der Waals surface area contributed by atoms with Crippen LogP contribution in [0.4, 0.5) is 11.6 Å². The van der Waals surface area contributed by atoms with Gasteiger partial charge in [-0.25, -0.2) is 4.68 Å². The van der Waals surface area contributed by atoms with Crippen molar-refractivity contribution >= 4 is 34.4 Å². The average Bonchev–Trinajstić information content (AvgIpc) is 3.11. The minimum Gasteiger partial charge on any atom is -0.382 e. The number of carbonyl (C=O) groups is 2. The van der Waals surface area contributed by atoms with E-state index in [9.17, 15) is 9.59 Å². The Morgan fingerprint density at radius 2 is 2.08 bits per heavy atom. The summed E-state index contributed by atoms with van der Waals surface area (Å²) in [6.45, 7) is -0.0581. The molecule has 2 heterocycles. The molecule has 128 valence electrons. The molecule has 0 atom stereocenters. The minimum absolute atomic E-state index is 0.0459. The number of amides is 1. The number of nitrogens with zero attached hydrogens (tertiary/aromatic N) is 5. The number of hydrogen-bond acceptors (Lipinski definition) is 6. The Bertz CT molecular complexity index is 954. The average molecular weight is 339 g/mol. The molecule has 9 nitrogen and oxygen atoms in total. The molecule has 0 aliphatic heterocycles. The zero-order chi connectivity index (χ0) is 17.4. The van der Waals surface area contributed by atoms with E-state index in [4.69, 9.17) is 5.73 Å². The van der Waals surface area contributed by atoms with E-state index in [0.717, 1.165) is 24.6 Å². The number of para-hydroxylation sites is 1. The van der Waals surface area contributed by atoms with E-state index in [0.29, 0.717) is 17.2 Å². The first kappa shape index (κ1) is 15.3. The zero-order valence-corrected chi connectivity index (χ0v) is 13.4. The normalized spacial score (nSPS) is 14.4. The summed E-state index contributed by atoms with van der Waals surface area (Å²) >= 11 is 0. The van der Waals surface area contributed by atoms with Crippen LogP contribution < -0.4 is 11.1 Å². The SMILES string of the molecule is Nc1nn(C(=O)Cn2cc(NC(=O)C3CCC3)nn2)c2ccccc12. The number of nitrogens with one attached hydrogen (secondary N) is 1. The van der Waals surface area contributed by atoms with Gasteiger partial charge in [-0.3, -0.25) is 9.59 Å². The van der Waals surface area contributed by atoms with Gasteiger partial charge in [0.05, 0.1) is 11.7 Å². The molecule has 0 unspecified atom stereocenters. The maximum absolute atomic E-state index is 12.5. The summed E-state index contributed by atoms with van der Waals surface area (Å²) in [6, 6.07) is 7.24. The summed E-state index contributed by atoms with van der Waals surface area (Å²) < 4.78 is 2.63. The molecule has 2 aromatic heterocycles. The van der Waals surface area contributed by atoms with Gasteiger partial charge in [-0.1, -0.05) is 23.8 Å². The predicted octanol–water partition coefficient (Wildman–Crippen LogP) is 1.29. The molecule has 3 N–H and O–H groups in total. The molecular weight excluding hydrogens is 322 g/mol. The van der Waals surface area contributed by atoms with Crippen molar-refractivity contribution in [1.82, 2.24) is 24.8 Å². The van der Waals surface area contributed by atoms with E-state index >= 15 is 0 Å². The lowest BCUT2D eigenvalue weighted by atomic mass is 9.85.